The SMILES string of the molecule is Cc1cc2c(N)nccc2c(C)c1CN/C(N)=C/C(=C\N)OC(C)c1ccc2ncc(Cl)cc2c1. The smallest absolute Gasteiger partial charge is 0.139 e. The summed E-state index contributed by atoms with van der Waals surface area (Å²) in [5.41, 5.74) is 23.4. The molecule has 0 bridgehead atoms. The molecule has 180 valence electrons. The van der Waals surface area contributed by atoms with Gasteiger partial charge in [-0.05, 0) is 78.7 Å². The van der Waals surface area contributed by atoms with Gasteiger partial charge in [-0.2, -0.15) is 0 Å². The second-order valence-electron chi connectivity index (χ2n) is 8.48. The molecular weight excluding hydrogens is 460 g/mol. The number of hydrogen-bond acceptors (Lipinski definition) is 7. The Kier molecular flexibility index (Phi) is 6.98. The summed E-state index contributed by atoms with van der Waals surface area (Å²) >= 11 is 6.09. The van der Waals surface area contributed by atoms with Gasteiger partial charge < -0.3 is 27.3 Å². The molecule has 2 heterocycles. The first-order valence-corrected chi connectivity index (χ1v) is 11.6. The number of ether oxygens (including phenoxy) is 1. The van der Waals surface area contributed by atoms with E-state index in [1.54, 1.807) is 18.5 Å². The average molecular weight is 489 g/mol. The van der Waals surface area contributed by atoms with Crippen LogP contribution in [0.15, 0.2) is 72.6 Å². The van der Waals surface area contributed by atoms with Gasteiger partial charge in [0.25, 0.3) is 0 Å². The second kappa shape index (κ2) is 10.1. The van der Waals surface area contributed by atoms with Crippen LogP contribution in [0, 0.1) is 13.8 Å². The van der Waals surface area contributed by atoms with Gasteiger partial charge in [-0.15, -0.1) is 0 Å². The number of anilines is 1. The van der Waals surface area contributed by atoms with Gasteiger partial charge in [-0.25, -0.2) is 4.98 Å². The third-order valence-corrected chi connectivity index (χ3v) is 6.31. The molecule has 0 saturated carbocycles. The molecule has 0 spiro atoms. The molecule has 2 aromatic carbocycles. The normalized spacial score (nSPS) is 13.3. The Morgan fingerprint density at radius 3 is 2.71 bits per heavy atom. The maximum Gasteiger partial charge on any atom is 0.139 e. The van der Waals surface area contributed by atoms with Crippen molar-refractivity contribution in [1.82, 2.24) is 15.3 Å². The summed E-state index contributed by atoms with van der Waals surface area (Å²) in [5.74, 6) is 1.43. The zero-order chi connectivity index (χ0) is 25.1. The number of benzene rings is 2. The van der Waals surface area contributed by atoms with Crippen LogP contribution in [0.25, 0.3) is 21.7 Å². The summed E-state index contributed by atoms with van der Waals surface area (Å²) in [6.45, 7) is 6.62. The van der Waals surface area contributed by atoms with E-state index in [-0.39, 0.29) is 6.10 Å². The number of allylic oxidation sites excluding steroid dienone is 1. The average Bonchev–Trinajstić information content (AvgIpc) is 2.83. The summed E-state index contributed by atoms with van der Waals surface area (Å²) in [6.07, 6.45) is 6.17. The van der Waals surface area contributed by atoms with Crippen molar-refractivity contribution in [1.29, 1.82) is 0 Å². The number of aryl methyl sites for hydroxylation is 2. The third-order valence-electron chi connectivity index (χ3n) is 6.10. The van der Waals surface area contributed by atoms with Crippen molar-refractivity contribution >= 4 is 39.1 Å². The van der Waals surface area contributed by atoms with Gasteiger partial charge >= 0.3 is 0 Å². The van der Waals surface area contributed by atoms with E-state index in [0.29, 0.717) is 29.0 Å². The Bertz CT molecular complexity index is 1460. The second-order valence-corrected chi connectivity index (χ2v) is 8.91. The summed E-state index contributed by atoms with van der Waals surface area (Å²) in [7, 11) is 0. The summed E-state index contributed by atoms with van der Waals surface area (Å²) in [6, 6.07) is 11.8. The molecule has 35 heavy (non-hydrogen) atoms. The molecule has 1 unspecified atom stereocenters. The Labute approximate surface area is 209 Å². The van der Waals surface area contributed by atoms with Crippen LogP contribution in [0.2, 0.25) is 5.02 Å². The van der Waals surface area contributed by atoms with E-state index < -0.39 is 0 Å². The molecule has 0 aliphatic rings. The molecule has 2 aromatic heterocycles. The van der Waals surface area contributed by atoms with Gasteiger partial charge in [-0.3, -0.25) is 4.98 Å². The highest BCUT2D eigenvalue weighted by atomic mass is 35.5. The first-order chi connectivity index (χ1) is 16.8. The van der Waals surface area contributed by atoms with Crippen molar-refractivity contribution < 1.29 is 4.74 Å². The predicted octanol–water partition coefficient (Wildman–Crippen LogP) is 5.10. The van der Waals surface area contributed by atoms with Crippen LogP contribution < -0.4 is 22.5 Å². The van der Waals surface area contributed by atoms with Crippen LogP contribution in [0.3, 0.4) is 0 Å². The van der Waals surface area contributed by atoms with E-state index >= 15 is 0 Å². The number of aromatic nitrogens is 2. The molecule has 0 aliphatic carbocycles. The lowest BCUT2D eigenvalue weighted by molar-refractivity contribution is 0.142. The summed E-state index contributed by atoms with van der Waals surface area (Å²) in [5, 5.41) is 6.83. The van der Waals surface area contributed by atoms with E-state index in [2.05, 4.69) is 35.2 Å². The molecule has 0 radical (unpaired) electrons. The number of pyridine rings is 2. The number of nitrogens with one attached hydrogen (secondary N) is 1. The van der Waals surface area contributed by atoms with E-state index in [0.717, 1.165) is 43.9 Å². The van der Waals surface area contributed by atoms with Crippen molar-refractivity contribution in [2.24, 2.45) is 11.5 Å². The van der Waals surface area contributed by atoms with Crippen LogP contribution in [-0.4, -0.2) is 9.97 Å². The molecule has 0 amide bonds. The van der Waals surface area contributed by atoms with Crippen LogP contribution in [-0.2, 0) is 11.3 Å². The molecular formula is C27H29ClN6O. The molecule has 0 fully saturated rings. The highest BCUT2D eigenvalue weighted by molar-refractivity contribution is 6.31. The van der Waals surface area contributed by atoms with Gasteiger partial charge in [0, 0.05) is 42.0 Å². The maximum absolute atomic E-state index is 6.26. The summed E-state index contributed by atoms with van der Waals surface area (Å²) < 4.78 is 6.07. The fourth-order valence-electron chi connectivity index (χ4n) is 4.17. The lowest BCUT2D eigenvalue weighted by Crippen LogP contribution is -2.21. The molecule has 1 atom stereocenters. The zero-order valence-electron chi connectivity index (χ0n) is 20.0. The minimum absolute atomic E-state index is 0.263. The largest absolute Gasteiger partial charge is 0.484 e. The maximum atomic E-state index is 6.26. The highest BCUT2D eigenvalue weighted by Crippen LogP contribution is 2.28. The number of fused-ring (bicyclic) bond motifs is 2. The Morgan fingerprint density at radius 1 is 1.14 bits per heavy atom. The summed E-state index contributed by atoms with van der Waals surface area (Å²) in [4.78, 5) is 8.52. The Morgan fingerprint density at radius 2 is 1.94 bits per heavy atom. The fraction of sp³-hybridized carbons (Fsp3) is 0.185. The van der Waals surface area contributed by atoms with Crippen molar-refractivity contribution in [3.8, 4) is 0 Å². The van der Waals surface area contributed by atoms with Crippen molar-refractivity contribution in [3.05, 3.63) is 99.9 Å². The van der Waals surface area contributed by atoms with E-state index in [4.69, 9.17) is 33.5 Å². The first-order valence-electron chi connectivity index (χ1n) is 11.2. The Balaban J connectivity index is 1.47. The number of nitrogens with two attached hydrogens (primary N) is 3. The first kappa shape index (κ1) is 24.2. The minimum atomic E-state index is -0.263. The van der Waals surface area contributed by atoms with Crippen LogP contribution in [0.4, 0.5) is 5.82 Å². The topological polar surface area (TPSA) is 125 Å². The lowest BCUT2D eigenvalue weighted by Gasteiger charge is -2.18. The fourth-order valence-corrected chi connectivity index (χ4v) is 4.33. The van der Waals surface area contributed by atoms with Gasteiger partial charge in [-0.1, -0.05) is 17.7 Å². The Hall–Kier alpha value is -3.97. The number of nitrogens with zero attached hydrogens (tertiary/aromatic N) is 2. The predicted molar refractivity (Wildman–Crippen MR) is 143 cm³/mol. The molecule has 7 N–H and O–H groups in total. The number of rotatable bonds is 7. The van der Waals surface area contributed by atoms with E-state index in [9.17, 15) is 0 Å². The minimum Gasteiger partial charge on any atom is -0.484 e. The molecule has 4 rings (SSSR count). The van der Waals surface area contributed by atoms with E-state index in [1.807, 2.05) is 37.3 Å². The quantitative estimate of drug-likeness (QED) is 0.210. The van der Waals surface area contributed by atoms with Gasteiger partial charge in [0.05, 0.1) is 10.5 Å². The molecule has 8 heteroatoms. The standard InChI is InChI=1S/C27H29ClN6O/c1-15-8-23-22(6-7-32-27(23)31)16(2)24(15)14-34-26(30)11-21(12-29)35-17(3)18-4-5-25-19(9-18)10-20(28)13-33-25/h4-13,17,34H,14,29-30H2,1-3H3,(H2,31,32)/b21-12+,26-11+. The monoisotopic (exact) mass is 488 g/mol. The van der Waals surface area contributed by atoms with Gasteiger partial charge in [0.1, 0.15) is 23.5 Å². The lowest BCUT2D eigenvalue weighted by atomic mass is 9.96. The molecule has 7 nitrogen and oxygen atoms in total. The third kappa shape index (κ3) is 5.25. The number of hydrogen-bond donors (Lipinski definition) is 4. The van der Waals surface area contributed by atoms with Crippen LogP contribution >= 0.6 is 11.6 Å². The van der Waals surface area contributed by atoms with Crippen LogP contribution in [0.5, 0.6) is 0 Å². The van der Waals surface area contributed by atoms with Crippen molar-refractivity contribution in [3.63, 3.8) is 0 Å². The molecule has 0 aliphatic heterocycles. The van der Waals surface area contributed by atoms with E-state index in [1.165, 1.54) is 6.20 Å². The number of nitrogen functional groups attached to an aromatic ring is 1. The van der Waals surface area contributed by atoms with Gasteiger partial charge in [0.2, 0.25) is 0 Å². The highest BCUT2D eigenvalue weighted by Gasteiger charge is 2.12. The zero-order valence-corrected chi connectivity index (χ0v) is 20.7. The van der Waals surface area contributed by atoms with Crippen LogP contribution in [0.1, 0.15) is 35.3 Å². The molecule has 4 aromatic rings. The number of halogens is 1. The molecule has 0 saturated heterocycles. The van der Waals surface area contributed by atoms with Gasteiger partial charge in [0.15, 0.2) is 0 Å². The van der Waals surface area contributed by atoms with Crippen molar-refractivity contribution in [2.45, 2.75) is 33.4 Å². The van der Waals surface area contributed by atoms with Crippen molar-refractivity contribution in [2.75, 3.05) is 5.73 Å².